The summed E-state index contributed by atoms with van der Waals surface area (Å²) in [6, 6.07) is 15.7. The average Bonchev–Trinajstić information content (AvgIpc) is 3.10. The van der Waals surface area contributed by atoms with Crippen molar-refractivity contribution in [3.63, 3.8) is 0 Å². The van der Waals surface area contributed by atoms with Gasteiger partial charge in [0.15, 0.2) is 5.82 Å². The van der Waals surface area contributed by atoms with E-state index in [1.807, 2.05) is 30.3 Å². The molecule has 0 saturated heterocycles. The number of carbonyl (C=O) groups excluding carboxylic acids is 1. The van der Waals surface area contributed by atoms with Crippen molar-refractivity contribution in [2.75, 3.05) is 5.32 Å². The van der Waals surface area contributed by atoms with Crippen molar-refractivity contribution in [1.29, 1.82) is 0 Å². The summed E-state index contributed by atoms with van der Waals surface area (Å²) in [5.41, 5.74) is 1.55. The molecule has 8 heteroatoms. The van der Waals surface area contributed by atoms with Crippen LogP contribution in [0, 0.1) is 5.82 Å². The molecule has 4 rings (SSSR count). The highest BCUT2D eigenvalue weighted by Gasteiger charge is 2.13. The molecule has 0 aliphatic heterocycles. The van der Waals surface area contributed by atoms with Crippen LogP contribution < -0.4 is 5.32 Å². The zero-order valence-electron chi connectivity index (χ0n) is 13.5. The fourth-order valence-corrected chi connectivity index (χ4v) is 2.63. The Morgan fingerprint density at radius 2 is 1.96 bits per heavy atom. The van der Waals surface area contributed by atoms with Gasteiger partial charge in [0.05, 0.1) is 11.9 Å². The van der Waals surface area contributed by atoms with Gasteiger partial charge >= 0.3 is 0 Å². The summed E-state index contributed by atoms with van der Waals surface area (Å²) >= 11 is 0. The second kappa shape index (κ2) is 6.67. The van der Waals surface area contributed by atoms with Crippen LogP contribution in [0.3, 0.4) is 0 Å². The molecule has 0 unspecified atom stereocenters. The maximum absolute atomic E-state index is 13.7. The van der Waals surface area contributed by atoms with Gasteiger partial charge in [-0.15, -0.1) is 5.10 Å². The first-order valence-corrected chi connectivity index (χ1v) is 7.86. The number of pyridine rings is 1. The van der Waals surface area contributed by atoms with Gasteiger partial charge in [-0.1, -0.05) is 42.5 Å². The molecule has 0 saturated carbocycles. The normalized spacial score (nSPS) is 10.8. The first-order valence-electron chi connectivity index (χ1n) is 7.86. The van der Waals surface area contributed by atoms with Crippen molar-refractivity contribution in [3.8, 4) is 11.4 Å². The molecule has 2 aromatic heterocycles. The molecule has 0 bridgehead atoms. The highest BCUT2D eigenvalue weighted by molar-refractivity contribution is 5.93. The fraction of sp³-hybridized carbons (Fsp3) is 0.0556. The number of para-hydroxylation sites is 1. The minimum atomic E-state index is -0.401. The highest BCUT2D eigenvalue weighted by Crippen LogP contribution is 2.19. The summed E-state index contributed by atoms with van der Waals surface area (Å²) in [6.07, 6.45) is 1.42. The molecule has 0 aliphatic rings. The number of hydrogen-bond donors (Lipinski definition) is 1. The Bertz CT molecular complexity index is 1080. The number of tetrazole rings is 1. The number of fused-ring (bicyclic) bond motifs is 1. The summed E-state index contributed by atoms with van der Waals surface area (Å²) in [6.45, 7) is -0.0571. The van der Waals surface area contributed by atoms with Gasteiger partial charge in [-0.25, -0.2) is 9.07 Å². The molecule has 0 spiro atoms. The lowest BCUT2D eigenvalue weighted by Crippen LogP contribution is -2.20. The topological polar surface area (TPSA) is 85.6 Å². The highest BCUT2D eigenvalue weighted by atomic mass is 19.1. The van der Waals surface area contributed by atoms with Crippen molar-refractivity contribution < 1.29 is 9.18 Å². The van der Waals surface area contributed by atoms with Crippen LogP contribution in [-0.2, 0) is 11.3 Å². The van der Waals surface area contributed by atoms with Gasteiger partial charge in [0.2, 0.25) is 5.91 Å². The third-order valence-corrected chi connectivity index (χ3v) is 3.80. The lowest BCUT2D eigenvalue weighted by molar-refractivity contribution is -0.116. The van der Waals surface area contributed by atoms with Crippen LogP contribution in [0.4, 0.5) is 10.1 Å². The Morgan fingerprint density at radius 1 is 1.12 bits per heavy atom. The maximum atomic E-state index is 13.7. The largest absolute Gasteiger partial charge is 0.323 e. The number of hydrogen-bond acceptors (Lipinski definition) is 5. The summed E-state index contributed by atoms with van der Waals surface area (Å²) < 4.78 is 15.1. The SMILES string of the molecule is O=C(Cn1nnnc1-c1ccccc1)Nc1cnc2c(F)cccc2c1. The Hall–Kier alpha value is -3.68. The molecule has 0 aliphatic carbocycles. The third kappa shape index (κ3) is 3.12. The van der Waals surface area contributed by atoms with Gasteiger partial charge in [0.25, 0.3) is 0 Å². The molecule has 0 fully saturated rings. The number of halogens is 1. The number of aromatic nitrogens is 5. The Labute approximate surface area is 147 Å². The van der Waals surface area contributed by atoms with Crippen LogP contribution >= 0.6 is 0 Å². The molecule has 1 N–H and O–H groups in total. The van der Waals surface area contributed by atoms with E-state index in [1.54, 1.807) is 18.2 Å². The Balaban J connectivity index is 1.53. The second-order valence-corrected chi connectivity index (χ2v) is 5.61. The van der Waals surface area contributed by atoms with Crippen LogP contribution in [0.2, 0.25) is 0 Å². The quantitative estimate of drug-likeness (QED) is 0.613. The van der Waals surface area contributed by atoms with E-state index in [4.69, 9.17) is 0 Å². The number of benzene rings is 2. The van der Waals surface area contributed by atoms with E-state index in [-0.39, 0.29) is 18.0 Å². The second-order valence-electron chi connectivity index (χ2n) is 5.61. The molecule has 1 amide bonds. The van der Waals surface area contributed by atoms with Gasteiger partial charge in [0, 0.05) is 10.9 Å². The third-order valence-electron chi connectivity index (χ3n) is 3.80. The number of carbonyl (C=O) groups is 1. The van der Waals surface area contributed by atoms with E-state index in [9.17, 15) is 9.18 Å². The van der Waals surface area contributed by atoms with Crippen LogP contribution in [0.15, 0.2) is 60.8 Å². The molecule has 2 aromatic carbocycles. The molecule has 4 aromatic rings. The molecule has 128 valence electrons. The van der Waals surface area contributed by atoms with Gasteiger partial charge in [0.1, 0.15) is 17.9 Å². The number of nitrogens with one attached hydrogen (secondary N) is 1. The Morgan fingerprint density at radius 3 is 2.81 bits per heavy atom. The van der Waals surface area contributed by atoms with E-state index in [2.05, 4.69) is 25.8 Å². The number of rotatable bonds is 4. The number of anilines is 1. The molecule has 0 radical (unpaired) electrons. The molecule has 7 nitrogen and oxygen atoms in total. The summed E-state index contributed by atoms with van der Waals surface area (Å²) in [5, 5.41) is 14.8. The Kier molecular flexibility index (Phi) is 4.06. The van der Waals surface area contributed by atoms with Crippen molar-refractivity contribution >= 4 is 22.5 Å². The average molecular weight is 348 g/mol. The van der Waals surface area contributed by atoms with E-state index in [0.29, 0.717) is 16.9 Å². The molecule has 26 heavy (non-hydrogen) atoms. The first-order chi connectivity index (χ1) is 12.7. The lowest BCUT2D eigenvalue weighted by Gasteiger charge is -2.07. The predicted octanol–water partition coefficient (Wildman–Crippen LogP) is 2.67. The zero-order chi connectivity index (χ0) is 17.9. The van der Waals surface area contributed by atoms with Crippen molar-refractivity contribution in [2.24, 2.45) is 0 Å². The van der Waals surface area contributed by atoms with E-state index >= 15 is 0 Å². The van der Waals surface area contributed by atoms with Crippen LogP contribution in [0.5, 0.6) is 0 Å². The summed E-state index contributed by atoms with van der Waals surface area (Å²) in [4.78, 5) is 16.4. The van der Waals surface area contributed by atoms with Crippen molar-refractivity contribution in [1.82, 2.24) is 25.2 Å². The molecule has 0 atom stereocenters. The molecular weight excluding hydrogens is 335 g/mol. The zero-order valence-corrected chi connectivity index (χ0v) is 13.5. The summed E-state index contributed by atoms with van der Waals surface area (Å²) in [7, 11) is 0. The van der Waals surface area contributed by atoms with Crippen LogP contribution in [-0.4, -0.2) is 31.1 Å². The van der Waals surface area contributed by atoms with E-state index in [1.165, 1.54) is 16.9 Å². The predicted molar refractivity (Wildman–Crippen MR) is 93.6 cm³/mol. The van der Waals surface area contributed by atoms with Gasteiger partial charge in [-0.2, -0.15) is 0 Å². The summed E-state index contributed by atoms with van der Waals surface area (Å²) in [5.74, 6) is -0.215. The maximum Gasteiger partial charge on any atom is 0.246 e. The minimum Gasteiger partial charge on any atom is -0.323 e. The van der Waals surface area contributed by atoms with Crippen LogP contribution in [0.1, 0.15) is 0 Å². The number of nitrogens with zero attached hydrogens (tertiary/aromatic N) is 5. The van der Waals surface area contributed by atoms with Gasteiger partial charge in [-0.05, 0) is 22.6 Å². The fourth-order valence-electron chi connectivity index (χ4n) is 2.63. The number of amides is 1. The van der Waals surface area contributed by atoms with E-state index in [0.717, 1.165) is 5.56 Å². The van der Waals surface area contributed by atoms with Gasteiger partial charge in [-0.3, -0.25) is 9.78 Å². The van der Waals surface area contributed by atoms with E-state index < -0.39 is 5.82 Å². The van der Waals surface area contributed by atoms with Crippen LogP contribution in [0.25, 0.3) is 22.3 Å². The van der Waals surface area contributed by atoms with Crippen molar-refractivity contribution in [3.05, 3.63) is 66.6 Å². The standard InChI is InChI=1S/C18H13FN6O/c19-15-8-4-7-13-9-14(10-20-17(13)15)21-16(26)11-25-18(22-23-24-25)12-5-2-1-3-6-12/h1-10H,11H2,(H,21,26). The smallest absolute Gasteiger partial charge is 0.246 e. The first kappa shape index (κ1) is 15.8. The molecule has 2 heterocycles. The lowest BCUT2D eigenvalue weighted by atomic mass is 10.2. The molecular formula is C18H13FN6O. The van der Waals surface area contributed by atoms with Crippen molar-refractivity contribution in [2.45, 2.75) is 6.54 Å². The minimum absolute atomic E-state index is 0.0571. The van der Waals surface area contributed by atoms with Gasteiger partial charge < -0.3 is 5.32 Å². The monoisotopic (exact) mass is 348 g/mol.